The van der Waals surface area contributed by atoms with Crippen LogP contribution in [0.3, 0.4) is 0 Å². The second-order valence-corrected chi connectivity index (χ2v) is 9.75. The number of aromatic amines is 1. The summed E-state index contributed by atoms with van der Waals surface area (Å²) in [5.41, 5.74) is 5.04. The van der Waals surface area contributed by atoms with E-state index < -0.39 is 23.8 Å². The highest BCUT2D eigenvalue weighted by molar-refractivity contribution is 6.34. The first kappa shape index (κ1) is 29.6. The Bertz CT molecular complexity index is 1500. The lowest BCUT2D eigenvalue weighted by molar-refractivity contribution is -0.142. The Morgan fingerprint density at radius 3 is 2.51 bits per heavy atom. The van der Waals surface area contributed by atoms with Crippen molar-refractivity contribution in [1.82, 2.24) is 29.5 Å². The molecule has 0 spiro atoms. The predicted octanol–water partition coefficient (Wildman–Crippen LogP) is 2.28. The number of halogens is 4. The average Bonchev–Trinajstić information content (AvgIpc) is 3.55. The zero-order valence-electron chi connectivity index (χ0n) is 21.7. The SMILES string of the molecule is C[C@H](N)C(=O)N1CCN(C(=O)c2ccc(NC(=O)c3ncc(Cc4cn(CC#N)nc4C(F)(F)F)[nH]3)cc2Cl)CC1. The van der Waals surface area contributed by atoms with E-state index in [0.717, 1.165) is 10.9 Å². The smallest absolute Gasteiger partial charge is 0.338 e. The van der Waals surface area contributed by atoms with Gasteiger partial charge >= 0.3 is 6.18 Å². The summed E-state index contributed by atoms with van der Waals surface area (Å²) in [5.74, 6) is -1.35. The number of nitrogens with one attached hydrogen (secondary N) is 2. The minimum atomic E-state index is -4.72. The lowest BCUT2D eigenvalue weighted by Gasteiger charge is -2.35. The molecule has 0 saturated carbocycles. The molecule has 0 bridgehead atoms. The van der Waals surface area contributed by atoms with Crippen molar-refractivity contribution < 1.29 is 27.6 Å². The number of hydrogen-bond donors (Lipinski definition) is 3. The first-order chi connectivity index (χ1) is 19.4. The molecular formula is C25H25ClF3N9O3. The van der Waals surface area contributed by atoms with Crippen molar-refractivity contribution in [3.05, 3.63) is 64.0 Å². The summed E-state index contributed by atoms with van der Waals surface area (Å²) in [4.78, 5) is 47.6. The van der Waals surface area contributed by atoms with Crippen LogP contribution < -0.4 is 11.1 Å². The van der Waals surface area contributed by atoms with Crippen LogP contribution in [0.2, 0.25) is 5.02 Å². The fraction of sp³-hybridized carbons (Fsp3) is 0.360. The number of benzene rings is 1. The average molecular weight is 592 g/mol. The van der Waals surface area contributed by atoms with Gasteiger partial charge in [0.05, 0.1) is 22.7 Å². The molecule has 3 aromatic rings. The molecule has 12 nitrogen and oxygen atoms in total. The van der Waals surface area contributed by atoms with Crippen LogP contribution in [-0.2, 0) is 23.9 Å². The minimum Gasteiger partial charge on any atom is -0.338 e. The minimum absolute atomic E-state index is 0.0936. The molecule has 0 unspecified atom stereocenters. The zero-order chi connectivity index (χ0) is 29.9. The molecule has 0 radical (unpaired) electrons. The Morgan fingerprint density at radius 2 is 1.90 bits per heavy atom. The van der Waals surface area contributed by atoms with Gasteiger partial charge in [-0.3, -0.25) is 19.1 Å². The van der Waals surface area contributed by atoms with E-state index in [2.05, 4.69) is 20.4 Å². The molecule has 3 amide bonds. The van der Waals surface area contributed by atoms with Crippen molar-refractivity contribution in [3.8, 4) is 6.07 Å². The summed E-state index contributed by atoms with van der Waals surface area (Å²) in [6.45, 7) is 2.59. The van der Waals surface area contributed by atoms with Crippen LogP contribution in [0.25, 0.3) is 0 Å². The number of anilines is 1. The second kappa shape index (κ2) is 12.0. The summed E-state index contributed by atoms with van der Waals surface area (Å²) in [6.07, 6.45) is -2.62. The topological polar surface area (TPSA) is 166 Å². The first-order valence-electron chi connectivity index (χ1n) is 12.4. The predicted molar refractivity (Wildman–Crippen MR) is 140 cm³/mol. The standard InChI is InChI=1S/C25H25ClF3N9O3/c1-14(31)23(40)36-6-8-37(9-7-36)24(41)18-3-2-16(11-19(18)26)34-22(39)21-32-12-17(33-21)10-15-13-38(5-4-30)35-20(15)25(27,28)29/h2-3,11-14H,5-10,31H2,1H3,(H,32,33)(H,34,39)/t14-/m0/s1. The molecule has 0 aliphatic carbocycles. The van der Waals surface area contributed by atoms with Crippen LogP contribution in [0.15, 0.2) is 30.6 Å². The number of imidazole rings is 1. The van der Waals surface area contributed by atoms with Gasteiger partial charge in [0.2, 0.25) is 5.91 Å². The summed E-state index contributed by atoms with van der Waals surface area (Å²) in [6, 6.07) is 5.45. The summed E-state index contributed by atoms with van der Waals surface area (Å²) in [5, 5.41) is 14.9. The van der Waals surface area contributed by atoms with Gasteiger partial charge in [-0.2, -0.15) is 23.5 Å². The number of carbonyl (C=O) groups excluding carboxylic acids is 3. The molecule has 41 heavy (non-hydrogen) atoms. The Hall–Kier alpha value is -4.42. The maximum atomic E-state index is 13.4. The Morgan fingerprint density at radius 1 is 1.22 bits per heavy atom. The van der Waals surface area contributed by atoms with Gasteiger partial charge in [0.15, 0.2) is 11.5 Å². The number of amides is 3. The molecule has 1 aliphatic rings. The maximum Gasteiger partial charge on any atom is 0.435 e. The van der Waals surface area contributed by atoms with Gasteiger partial charge in [0, 0.05) is 61.9 Å². The molecule has 16 heteroatoms. The van der Waals surface area contributed by atoms with E-state index in [1.165, 1.54) is 24.4 Å². The normalized spacial score (nSPS) is 14.5. The van der Waals surface area contributed by atoms with Gasteiger partial charge in [-0.1, -0.05) is 11.6 Å². The zero-order valence-corrected chi connectivity index (χ0v) is 22.5. The van der Waals surface area contributed by atoms with Crippen LogP contribution in [0.5, 0.6) is 0 Å². The quantitative estimate of drug-likeness (QED) is 0.379. The number of aromatic nitrogens is 4. The number of nitrogens with two attached hydrogens (primary N) is 1. The van der Waals surface area contributed by atoms with Crippen molar-refractivity contribution in [2.45, 2.75) is 32.1 Å². The summed E-state index contributed by atoms with van der Waals surface area (Å²) >= 11 is 6.34. The Balaban J connectivity index is 1.39. The molecule has 4 N–H and O–H groups in total. The number of alkyl halides is 3. The molecule has 1 atom stereocenters. The van der Waals surface area contributed by atoms with E-state index in [-0.39, 0.29) is 58.1 Å². The summed E-state index contributed by atoms with van der Waals surface area (Å²) < 4.78 is 41.0. The largest absolute Gasteiger partial charge is 0.435 e. The molecule has 1 fully saturated rings. The number of hydrogen-bond acceptors (Lipinski definition) is 7. The fourth-order valence-corrected chi connectivity index (χ4v) is 4.56. The van der Waals surface area contributed by atoms with Crippen molar-refractivity contribution in [2.24, 2.45) is 5.73 Å². The van der Waals surface area contributed by atoms with E-state index in [0.29, 0.717) is 26.2 Å². The number of rotatable bonds is 7. The maximum absolute atomic E-state index is 13.4. The number of H-pyrrole nitrogens is 1. The number of piperazine rings is 1. The molecular weight excluding hydrogens is 567 g/mol. The van der Waals surface area contributed by atoms with Crippen molar-refractivity contribution in [3.63, 3.8) is 0 Å². The highest BCUT2D eigenvalue weighted by Crippen LogP contribution is 2.31. The summed E-state index contributed by atoms with van der Waals surface area (Å²) in [7, 11) is 0. The monoisotopic (exact) mass is 591 g/mol. The molecule has 2 aromatic heterocycles. The van der Waals surface area contributed by atoms with E-state index in [1.54, 1.807) is 22.8 Å². The molecule has 1 saturated heterocycles. The van der Waals surface area contributed by atoms with Gasteiger partial charge in [-0.25, -0.2) is 4.98 Å². The van der Waals surface area contributed by atoms with Crippen LogP contribution in [0, 0.1) is 11.3 Å². The van der Waals surface area contributed by atoms with Crippen molar-refractivity contribution in [2.75, 3.05) is 31.5 Å². The first-order valence-corrected chi connectivity index (χ1v) is 12.7. The van der Waals surface area contributed by atoms with Gasteiger partial charge in [-0.05, 0) is 25.1 Å². The molecule has 1 aromatic carbocycles. The van der Waals surface area contributed by atoms with Crippen LogP contribution in [0.1, 0.15) is 44.9 Å². The third-order valence-electron chi connectivity index (χ3n) is 6.29. The molecule has 216 valence electrons. The van der Waals surface area contributed by atoms with E-state index >= 15 is 0 Å². The van der Waals surface area contributed by atoms with Gasteiger partial charge in [-0.15, -0.1) is 0 Å². The Labute approximate surface area is 236 Å². The highest BCUT2D eigenvalue weighted by Gasteiger charge is 2.37. The van der Waals surface area contributed by atoms with Crippen molar-refractivity contribution in [1.29, 1.82) is 5.26 Å². The van der Waals surface area contributed by atoms with Crippen LogP contribution in [-0.4, -0.2) is 79.5 Å². The molecule has 3 heterocycles. The number of nitrogens with zero attached hydrogens (tertiary/aromatic N) is 6. The fourth-order valence-electron chi connectivity index (χ4n) is 4.30. The van der Waals surface area contributed by atoms with Crippen LogP contribution >= 0.6 is 11.6 Å². The highest BCUT2D eigenvalue weighted by atomic mass is 35.5. The van der Waals surface area contributed by atoms with Crippen molar-refractivity contribution >= 4 is 35.0 Å². The molecule has 1 aliphatic heterocycles. The van der Waals surface area contributed by atoms with E-state index in [4.69, 9.17) is 22.6 Å². The second-order valence-electron chi connectivity index (χ2n) is 9.35. The molecule has 4 rings (SSSR count). The van der Waals surface area contributed by atoms with E-state index in [1.807, 2.05) is 0 Å². The third kappa shape index (κ3) is 6.84. The van der Waals surface area contributed by atoms with Gasteiger partial charge in [0.1, 0.15) is 6.54 Å². The van der Waals surface area contributed by atoms with E-state index in [9.17, 15) is 27.6 Å². The van der Waals surface area contributed by atoms with Gasteiger partial charge in [0.25, 0.3) is 11.8 Å². The van der Waals surface area contributed by atoms with Crippen LogP contribution in [0.4, 0.5) is 18.9 Å². The lowest BCUT2D eigenvalue weighted by atomic mass is 10.1. The lowest BCUT2D eigenvalue weighted by Crippen LogP contribution is -2.53. The number of carbonyl (C=O) groups is 3. The Kier molecular flexibility index (Phi) is 8.64. The van der Waals surface area contributed by atoms with Gasteiger partial charge < -0.3 is 25.8 Å². The third-order valence-corrected chi connectivity index (χ3v) is 6.60. The number of nitriles is 1.